The number of hydrogen-bond acceptors (Lipinski definition) is 5. The van der Waals surface area contributed by atoms with Crippen LogP contribution in [0.4, 0.5) is 0 Å². The summed E-state index contributed by atoms with van der Waals surface area (Å²) in [7, 11) is 0. The van der Waals surface area contributed by atoms with E-state index in [0.29, 0.717) is 23.3 Å². The number of para-hydroxylation sites is 1. The second-order valence-corrected chi connectivity index (χ2v) is 6.66. The van der Waals surface area contributed by atoms with Gasteiger partial charge in [-0.05, 0) is 25.5 Å². The first-order valence-corrected chi connectivity index (χ1v) is 9.58. The summed E-state index contributed by atoms with van der Waals surface area (Å²) in [6, 6.07) is 14.2. The van der Waals surface area contributed by atoms with Gasteiger partial charge in [0.2, 0.25) is 0 Å². The monoisotopic (exact) mass is 393 g/mol. The van der Waals surface area contributed by atoms with E-state index in [9.17, 15) is 14.4 Å². The van der Waals surface area contributed by atoms with E-state index in [0.717, 1.165) is 12.0 Å². The average Bonchev–Trinajstić information content (AvgIpc) is 2.74. The Morgan fingerprint density at radius 2 is 1.83 bits per heavy atom. The van der Waals surface area contributed by atoms with Gasteiger partial charge in [0.25, 0.3) is 5.91 Å². The molecule has 6 nitrogen and oxygen atoms in total. The number of ether oxygens (including phenoxy) is 1. The first-order chi connectivity index (χ1) is 14.0. The Bertz CT molecular complexity index is 1090. The Morgan fingerprint density at radius 3 is 2.55 bits per heavy atom. The molecule has 3 aromatic rings. The molecule has 0 bridgehead atoms. The summed E-state index contributed by atoms with van der Waals surface area (Å²) in [5.41, 5.74) is 1.55. The molecule has 1 heterocycles. The lowest BCUT2D eigenvalue weighted by Crippen LogP contribution is -2.27. The Balaban J connectivity index is 1.91. The highest BCUT2D eigenvalue weighted by molar-refractivity contribution is 6.05. The van der Waals surface area contributed by atoms with E-state index < -0.39 is 5.91 Å². The molecule has 3 rings (SSSR count). The van der Waals surface area contributed by atoms with Gasteiger partial charge in [-0.25, -0.2) is 0 Å². The van der Waals surface area contributed by atoms with Crippen LogP contribution in [0.5, 0.6) is 0 Å². The number of amides is 1. The van der Waals surface area contributed by atoms with E-state index in [1.165, 1.54) is 0 Å². The van der Waals surface area contributed by atoms with Gasteiger partial charge in [-0.2, -0.15) is 0 Å². The molecule has 0 unspecified atom stereocenters. The number of hydrogen-bond donors (Lipinski definition) is 1. The maximum atomic E-state index is 12.8. The summed E-state index contributed by atoms with van der Waals surface area (Å²) < 4.78 is 11.0. The number of rotatable bonds is 7. The summed E-state index contributed by atoms with van der Waals surface area (Å²) in [6.45, 7) is 4.12. The van der Waals surface area contributed by atoms with Crippen molar-refractivity contribution < 1.29 is 18.7 Å². The van der Waals surface area contributed by atoms with Gasteiger partial charge in [0.15, 0.2) is 11.0 Å². The maximum absolute atomic E-state index is 12.8. The van der Waals surface area contributed by atoms with E-state index in [2.05, 4.69) is 5.32 Å². The zero-order valence-corrected chi connectivity index (χ0v) is 16.5. The van der Waals surface area contributed by atoms with Gasteiger partial charge >= 0.3 is 5.97 Å². The third-order valence-corrected chi connectivity index (χ3v) is 4.51. The standard InChI is InChI=1S/C23H23NO5/c1-3-14-28-19(25)12-13-24-23(27)18-11-7-10-17-20(26)15(2)21(29-22(17)18)16-8-5-4-6-9-16/h4-11H,3,12-14H2,1-2H3,(H,24,27). The minimum absolute atomic E-state index is 0.0782. The van der Waals surface area contributed by atoms with Crippen LogP contribution in [0.25, 0.3) is 22.3 Å². The summed E-state index contributed by atoms with van der Waals surface area (Å²) >= 11 is 0. The van der Waals surface area contributed by atoms with Crippen LogP contribution in [0, 0.1) is 6.92 Å². The van der Waals surface area contributed by atoms with Crippen LogP contribution >= 0.6 is 0 Å². The van der Waals surface area contributed by atoms with Gasteiger partial charge < -0.3 is 14.5 Å². The molecule has 0 atom stereocenters. The van der Waals surface area contributed by atoms with Gasteiger partial charge in [0.05, 0.1) is 24.0 Å². The fourth-order valence-electron chi connectivity index (χ4n) is 3.01. The van der Waals surface area contributed by atoms with Crippen LogP contribution in [0.2, 0.25) is 0 Å². The Hall–Kier alpha value is -3.41. The molecule has 0 radical (unpaired) electrons. The number of carbonyl (C=O) groups excluding carboxylic acids is 2. The van der Waals surface area contributed by atoms with Gasteiger partial charge in [-0.15, -0.1) is 0 Å². The van der Waals surface area contributed by atoms with Crippen LogP contribution in [0.3, 0.4) is 0 Å². The lowest BCUT2D eigenvalue weighted by atomic mass is 10.0. The fourth-order valence-corrected chi connectivity index (χ4v) is 3.01. The minimum Gasteiger partial charge on any atom is -0.466 e. The van der Waals surface area contributed by atoms with Gasteiger partial charge in [0, 0.05) is 17.7 Å². The van der Waals surface area contributed by atoms with Crippen molar-refractivity contribution in [1.82, 2.24) is 5.32 Å². The third-order valence-electron chi connectivity index (χ3n) is 4.51. The summed E-state index contributed by atoms with van der Waals surface area (Å²) in [4.78, 5) is 37.1. The molecule has 0 aliphatic rings. The van der Waals surface area contributed by atoms with Gasteiger partial charge in [0.1, 0.15) is 5.76 Å². The minimum atomic E-state index is -0.412. The molecule has 29 heavy (non-hydrogen) atoms. The van der Waals surface area contributed by atoms with Gasteiger partial charge in [-0.3, -0.25) is 14.4 Å². The number of fused-ring (bicyclic) bond motifs is 1. The molecule has 0 aliphatic carbocycles. The first-order valence-electron chi connectivity index (χ1n) is 9.58. The topological polar surface area (TPSA) is 85.6 Å². The van der Waals surface area contributed by atoms with Crippen molar-refractivity contribution >= 4 is 22.8 Å². The van der Waals surface area contributed by atoms with Gasteiger partial charge in [-0.1, -0.05) is 43.3 Å². The molecule has 0 saturated heterocycles. The van der Waals surface area contributed by atoms with Crippen LogP contribution in [-0.4, -0.2) is 25.0 Å². The molecule has 1 aromatic heterocycles. The summed E-state index contributed by atoms with van der Waals surface area (Å²) in [5, 5.41) is 3.03. The molecular formula is C23H23NO5. The molecule has 150 valence electrons. The smallest absolute Gasteiger partial charge is 0.307 e. The maximum Gasteiger partial charge on any atom is 0.307 e. The van der Waals surface area contributed by atoms with E-state index in [4.69, 9.17) is 9.15 Å². The predicted molar refractivity (Wildman–Crippen MR) is 111 cm³/mol. The number of benzene rings is 2. The number of esters is 1. The quantitative estimate of drug-likeness (QED) is 0.617. The lowest BCUT2D eigenvalue weighted by molar-refractivity contribution is -0.143. The van der Waals surface area contributed by atoms with E-state index in [1.54, 1.807) is 25.1 Å². The summed E-state index contributed by atoms with van der Waals surface area (Å²) in [6.07, 6.45) is 0.825. The number of nitrogens with one attached hydrogen (secondary N) is 1. The zero-order valence-electron chi connectivity index (χ0n) is 16.5. The average molecular weight is 393 g/mol. The Kier molecular flexibility index (Phi) is 6.44. The molecule has 2 aromatic carbocycles. The number of carbonyl (C=O) groups is 2. The van der Waals surface area contributed by atoms with Crippen LogP contribution < -0.4 is 10.7 Å². The second kappa shape index (κ2) is 9.19. The van der Waals surface area contributed by atoms with Crippen molar-refractivity contribution in [2.75, 3.05) is 13.2 Å². The molecule has 1 amide bonds. The lowest BCUT2D eigenvalue weighted by Gasteiger charge is -2.11. The highest BCUT2D eigenvalue weighted by atomic mass is 16.5. The molecule has 0 saturated carbocycles. The molecule has 0 aliphatic heterocycles. The molecule has 0 spiro atoms. The Labute approximate surface area is 168 Å². The molecule has 0 fully saturated rings. The van der Waals surface area contributed by atoms with Crippen LogP contribution in [-0.2, 0) is 9.53 Å². The zero-order chi connectivity index (χ0) is 20.8. The van der Waals surface area contributed by atoms with Crippen molar-refractivity contribution in [3.05, 3.63) is 69.9 Å². The third kappa shape index (κ3) is 4.54. The summed E-state index contributed by atoms with van der Waals surface area (Å²) in [5.74, 6) is -0.338. The van der Waals surface area contributed by atoms with Crippen LogP contribution in [0.15, 0.2) is 57.7 Å². The SMILES string of the molecule is CCCOC(=O)CCNC(=O)c1cccc2c(=O)c(C)c(-c3ccccc3)oc12. The first kappa shape index (κ1) is 20.3. The van der Waals surface area contributed by atoms with Crippen molar-refractivity contribution in [3.63, 3.8) is 0 Å². The van der Waals surface area contributed by atoms with Crippen LogP contribution in [0.1, 0.15) is 35.7 Å². The molecule has 6 heteroatoms. The van der Waals surface area contributed by atoms with Crippen molar-refractivity contribution in [3.8, 4) is 11.3 Å². The van der Waals surface area contributed by atoms with Crippen molar-refractivity contribution in [2.45, 2.75) is 26.7 Å². The van der Waals surface area contributed by atoms with E-state index >= 15 is 0 Å². The van der Waals surface area contributed by atoms with Crippen molar-refractivity contribution in [2.24, 2.45) is 0 Å². The predicted octanol–water partition coefficient (Wildman–Crippen LogP) is 3.84. The largest absolute Gasteiger partial charge is 0.466 e. The van der Waals surface area contributed by atoms with Crippen molar-refractivity contribution in [1.29, 1.82) is 0 Å². The second-order valence-electron chi connectivity index (χ2n) is 6.66. The Morgan fingerprint density at radius 1 is 1.07 bits per heavy atom. The molecule has 1 N–H and O–H groups in total. The highest BCUT2D eigenvalue weighted by Gasteiger charge is 2.18. The fraction of sp³-hybridized carbons (Fsp3) is 0.261. The normalized spacial score (nSPS) is 10.7. The molecular weight excluding hydrogens is 370 g/mol. The highest BCUT2D eigenvalue weighted by Crippen LogP contribution is 2.27. The van der Waals surface area contributed by atoms with E-state index in [1.807, 2.05) is 37.3 Å². The van der Waals surface area contributed by atoms with E-state index in [-0.39, 0.29) is 35.5 Å².